The SMILES string of the molecule is CC(C)(C)c1c(C(=O)O)nnn1-c1ccc(F)c(F)c1. The highest BCUT2D eigenvalue weighted by Crippen LogP contribution is 2.27. The number of rotatable bonds is 2. The smallest absolute Gasteiger partial charge is 0.358 e. The fraction of sp³-hybridized carbons (Fsp3) is 0.308. The van der Waals surface area contributed by atoms with Gasteiger partial charge in [0, 0.05) is 11.5 Å². The van der Waals surface area contributed by atoms with E-state index in [0.29, 0.717) is 5.69 Å². The molecule has 1 N–H and O–H groups in total. The van der Waals surface area contributed by atoms with E-state index in [-0.39, 0.29) is 11.4 Å². The first-order chi connectivity index (χ1) is 9.21. The highest BCUT2D eigenvalue weighted by Gasteiger charge is 2.29. The fourth-order valence-corrected chi connectivity index (χ4v) is 1.90. The third-order valence-corrected chi connectivity index (χ3v) is 2.73. The number of hydrogen-bond acceptors (Lipinski definition) is 3. The van der Waals surface area contributed by atoms with E-state index in [2.05, 4.69) is 10.3 Å². The fourth-order valence-electron chi connectivity index (χ4n) is 1.90. The Morgan fingerprint density at radius 2 is 1.90 bits per heavy atom. The molecule has 1 aromatic heterocycles. The van der Waals surface area contributed by atoms with E-state index >= 15 is 0 Å². The second-order valence-electron chi connectivity index (χ2n) is 5.35. The van der Waals surface area contributed by atoms with Crippen molar-refractivity contribution >= 4 is 5.97 Å². The summed E-state index contributed by atoms with van der Waals surface area (Å²) >= 11 is 0. The lowest BCUT2D eigenvalue weighted by Gasteiger charge is -2.20. The maximum Gasteiger partial charge on any atom is 0.358 e. The minimum absolute atomic E-state index is 0.206. The molecule has 0 saturated carbocycles. The van der Waals surface area contributed by atoms with Crippen LogP contribution in [0.3, 0.4) is 0 Å². The molecule has 0 aliphatic heterocycles. The van der Waals surface area contributed by atoms with Gasteiger partial charge in [0.2, 0.25) is 0 Å². The van der Waals surface area contributed by atoms with E-state index in [1.54, 1.807) is 20.8 Å². The van der Waals surface area contributed by atoms with Crippen LogP contribution in [0, 0.1) is 11.6 Å². The molecule has 0 fully saturated rings. The Bertz CT molecular complexity index is 675. The van der Waals surface area contributed by atoms with Gasteiger partial charge < -0.3 is 5.11 Å². The van der Waals surface area contributed by atoms with Gasteiger partial charge in [-0.3, -0.25) is 0 Å². The maximum atomic E-state index is 13.3. The van der Waals surface area contributed by atoms with Gasteiger partial charge in [0.1, 0.15) is 0 Å². The highest BCUT2D eigenvalue weighted by atomic mass is 19.2. The van der Waals surface area contributed by atoms with E-state index < -0.39 is 23.0 Å². The molecule has 2 aromatic rings. The van der Waals surface area contributed by atoms with Crippen molar-refractivity contribution in [1.82, 2.24) is 15.0 Å². The molecule has 0 amide bonds. The molecule has 0 saturated heterocycles. The molecule has 0 unspecified atom stereocenters. The molecule has 0 spiro atoms. The van der Waals surface area contributed by atoms with Crippen LogP contribution < -0.4 is 0 Å². The molecule has 7 heteroatoms. The zero-order valence-electron chi connectivity index (χ0n) is 11.2. The molecule has 106 valence electrons. The number of carbonyl (C=O) groups is 1. The molecular weight excluding hydrogens is 268 g/mol. The van der Waals surface area contributed by atoms with Gasteiger partial charge in [-0.15, -0.1) is 5.10 Å². The molecule has 0 aliphatic carbocycles. The topological polar surface area (TPSA) is 68.0 Å². The first-order valence-electron chi connectivity index (χ1n) is 5.86. The van der Waals surface area contributed by atoms with Gasteiger partial charge in [-0.1, -0.05) is 26.0 Å². The Balaban J connectivity index is 2.68. The second-order valence-corrected chi connectivity index (χ2v) is 5.35. The molecule has 1 heterocycles. The summed E-state index contributed by atoms with van der Waals surface area (Å²) in [4.78, 5) is 11.2. The van der Waals surface area contributed by atoms with Gasteiger partial charge in [-0.25, -0.2) is 18.3 Å². The number of halogens is 2. The minimum atomic E-state index is -1.22. The largest absolute Gasteiger partial charge is 0.476 e. The van der Waals surface area contributed by atoms with Crippen molar-refractivity contribution in [3.05, 3.63) is 41.2 Å². The zero-order valence-corrected chi connectivity index (χ0v) is 11.2. The van der Waals surface area contributed by atoms with Crippen LogP contribution in [0.5, 0.6) is 0 Å². The summed E-state index contributed by atoms with van der Waals surface area (Å²) in [5.74, 6) is -3.23. The Morgan fingerprint density at radius 3 is 2.40 bits per heavy atom. The van der Waals surface area contributed by atoms with E-state index in [0.717, 1.165) is 12.1 Å². The molecular formula is C13H13F2N3O2. The molecule has 0 aliphatic rings. The Morgan fingerprint density at radius 1 is 1.25 bits per heavy atom. The standard InChI is InChI=1S/C13H13F2N3O2/c1-13(2,3)11-10(12(19)20)16-17-18(11)7-4-5-8(14)9(15)6-7/h4-6H,1-3H3,(H,19,20). The van der Waals surface area contributed by atoms with Crippen LogP contribution in [0.4, 0.5) is 8.78 Å². The Kier molecular flexibility index (Phi) is 3.29. The number of hydrogen-bond donors (Lipinski definition) is 1. The lowest BCUT2D eigenvalue weighted by atomic mass is 9.90. The summed E-state index contributed by atoms with van der Waals surface area (Å²) < 4.78 is 27.5. The van der Waals surface area contributed by atoms with Gasteiger partial charge in [0.25, 0.3) is 0 Å². The zero-order chi connectivity index (χ0) is 15.1. The van der Waals surface area contributed by atoms with Gasteiger partial charge in [-0.2, -0.15) is 0 Å². The van der Waals surface area contributed by atoms with Gasteiger partial charge >= 0.3 is 5.97 Å². The third kappa shape index (κ3) is 2.38. The third-order valence-electron chi connectivity index (χ3n) is 2.73. The summed E-state index contributed by atoms with van der Waals surface area (Å²) in [6.45, 7) is 5.36. The van der Waals surface area contributed by atoms with Crippen molar-refractivity contribution in [2.45, 2.75) is 26.2 Å². The van der Waals surface area contributed by atoms with Crippen molar-refractivity contribution in [2.75, 3.05) is 0 Å². The number of carboxylic acid groups (broad SMARTS) is 1. The molecule has 0 radical (unpaired) electrons. The highest BCUT2D eigenvalue weighted by molar-refractivity contribution is 5.87. The Labute approximate surface area is 113 Å². The van der Waals surface area contributed by atoms with Crippen LogP contribution in [0.15, 0.2) is 18.2 Å². The van der Waals surface area contributed by atoms with Crippen LogP contribution in [0.2, 0.25) is 0 Å². The molecule has 2 rings (SSSR count). The van der Waals surface area contributed by atoms with Crippen molar-refractivity contribution in [1.29, 1.82) is 0 Å². The van der Waals surface area contributed by atoms with Crippen LogP contribution in [0.1, 0.15) is 37.0 Å². The van der Waals surface area contributed by atoms with Crippen LogP contribution >= 0.6 is 0 Å². The molecule has 1 aromatic carbocycles. The lowest BCUT2D eigenvalue weighted by molar-refractivity contribution is 0.0687. The quantitative estimate of drug-likeness (QED) is 0.918. The number of carboxylic acids is 1. The first-order valence-corrected chi connectivity index (χ1v) is 5.86. The second kappa shape index (κ2) is 4.66. The normalized spacial score (nSPS) is 11.7. The lowest BCUT2D eigenvalue weighted by Crippen LogP contribution is -2.21. The number of aromatic nitrogens is 3. The molecule has 0 atom stereocenters. The summed E-state index contributed by atoms with van der Waals surface area (Å²) in [7, 11) is 0. The van der Waals surface area contributed by atoms with Crippen molar-refractivity contribution < 1.29 is 18.7 Å². The maximum absolute atomic E-state index is 13.3. The Hall–Kier alpha value is -2.31. The average molecular weight is 281 g/mol. The summed E-state index contributed by atoms with van der Waals surface area (Å²) in [5.41, 5.74) is -0.255. The predicted molar refractivity (Wildman–Crippen MR) is 66.9 cm³/mol. The van der Waals surface area contributed by atoms with Crippen LogP contribution in [-0.2, 0) is 5.41 Å². The summed E-state index contributed by atoms with van der Waals surface area (Å²) in [5, 5.41) is 16.5. The number of nitrogens with zero attached hydrogens (tertiary/aromatic N) is 3. The van der Waals surface area contributed by atoms with E-state index in [1.807, 2.05) is 0 Å². The van der Waals surface area contributed by atoms with Crippen molar-refractivity contribution in [2.24, 2.45) is 0 Å². The monoisotopic (exact) mass is 281 g/mol. The molecule has 5 nitrogen and oxygen atoms in total. The first kappa shape index (κ1) is 14.1. The predicted octanol–water partition coefficient (Wildman–Crippen LogP) is 2.54. The van der Waals surface area contributed by atoms with Gasteiger partial charge in [-0.05, 0) is 12.1 Å². The van der Waals surface area contributed by atoms with E-state index in [1.165, 1.54) is 10.7 Å². The number of aromatic carboxylic acids is 1. The van der Waals surface area contributed by atoms with Gasteiger partial charge in [0.15, 0.2) is 17.3 Å². The van der Waals surface area contributed by atoms with E-state index in [9.17, 15) is 13.6 Å². The average Bonchev–Trinajstić information content (AvgIpc) is 2.77. The summed E-state index contributed by atoms with van der Waals surface area (Å²) in [6.07, 6.45) is 0. The van der Waals surface area contributed by atoms with Crippen molar-refractivity contribution in [3.63, 3.8) is 0 Å². The van der Waals surface area contributed by atoms with Crippen molar-refractivity contribution in [3.8, 4) is 5.69 Å². The van der Waals surface area contributed by atoms with Crippen LogP contribution in [-0.4, -0.2) is 26.1 Å². The van der Waals surface area contributed by atoms with Gasteiger partial charge in [0.05, 0.1) is 11.4 Å². The van der Waals surface area contributed by atoms with E-state index in [4.69, 9.17) is 5.11 Å². The van der Waals surface area contributed by atoms with Crippen LogP contribution in [0.25, 0.3) is 5.69 Å². The summed E-state index contributed by atoms with van der Waals surface area (Å²) in [6, 6.07) is 3.22. The number of benzene rings is 1. The minimum Gasteiger partial charge on any atom is -0.476 e. The molecule has 20 heavy (non-hydrogen) atoms. The molecule has 0 bridgehead atoms.